The number of rotatable bonds is 10. The molecule has 0 N–H and O–H groups in total. The number of hydrogen-bond donors (Lipinski definition) is 0. The standard InChI is InChI=1S/C14H28O4S3/c1-3-5-7-14(15)13-20(11-8-19-9-12-20)18-21(16,17)10-6-4-2/h3-13H2,1-2H3. The van der Waals surface area contributed by atoms with Crippen molar-refractivity contribution in [2.24, 2.45) is 0 Å². The molecule has 1 fully saturated rings. The molecule has 0 amide bonds. The SMILES string of the molecule is CCCCC(=O)CS1(OS(=O)(=O)CCCC)CCSCC1. The first-order valence-electron chi connectivity index (χ1n) is 7.72. The lowest BCUT2D eigenvalue weighted by Gasteiger charge is -2.40. The molecule has 1 rings (SSSR count). The third-order valence-electron chi connectivity index (χ3n) is 3.43. The van der Waals surface area contributed by atoms with Crippen LogP contribution in [0.3, 0.4) is 0 Å². The van der Waals surface area contributed by atoms with Gasteiger partial charge >= 0.3 is 0 Å². The van der Waals surface area contributed by atoms with E-state index in [1.54, 1.807) is 0 Å². The molecule has 0 atom stereocenters. The Morgan fingerprint density at radius 2 is 1.76 bits per heavy atom. The average Bonchev–Trinajstić information content (AvgIpc) is 2.43. The molecule has 21 heavy (non-hydrogen) atoms. The molecule has 7 heteroatoms. The first kappa shape index (κ1) is 19.3. The van der Waals surface area contributed by atoms with Crippen LogP contribution in [-0.4, -0.2) is 48.7 Å². The van der Waals surface area contributed by atoms with E-state index in [1.807, 2.05) is 18.7 Å². The molecule has 0 aromatic rings. The van der Waals surface area contributed by atoms with Crippen molar-refractivity contribution in [2.45, 2.75) is 46.0 Å². The highest BCUT2D eigenvalue weighted by Crippen LogP contribution is 2.53. The second-order valence-electron chi connectivity index (χ2n) is 5.46. The second-order valence-corrected chi connectivity index (χ2v) is 11.8. The minimum Gasteiger partial charge on any atom is -0.299 e. The molecular formula is C14H28O4S3. The van der Waals surface area contributed by atoms with Crippen molar-refractivity contribution in [1.82, 2.24) is 0 Å². The van der Waals surface area contributed by atoms with Gasteiger partial charge in [-0.2, -0.15) is 20.2 Å². The van der Waals surface area contributed by atoms with Gasteiger partial charge in [0.15, 0.2) is 0 Å². The van der Waals surface area contributed by atoms with Crippen LogP contribution in [0.2, 0.25) is 0 Å². The molecule has 1 heterocycles. The van der Waals surface area contributed by atoms with Crippen LogP contribution in [0.1, 0.15) is 46.0 Å². The number of hydrogen-bond acceptors (Lipinski definition) is 5. The molecule has 0 aromatic carbocycles. The Morgan fingerprint density at radius 3 is 2.33 bits per heavy atom. The molecule has 0 aromatic heterocycles. The molecule has 0 spiro atoms. The monoisotopic (exact) mass is 356 g/mol. The number of Topliss-reactive ketones (excluding diaryl/α,β-unsaturated/α-hetero) is 1. The van der Waals surface area contributed by atoms with E-state index >= 15 is 0 Å². The lowest BCUT2D eigenvalue weighted by atomic mass is 10.2. The molecule has 126 valence electrons. The van der Waals surface area contributed by atoms with Crippen molar-refractivity contribution in [2.75, 3.05) is 34.5 Å². The summed E-state index contributed by atoms with van der Waals surface area (Å²) in [5.74, 6) is 3.86. The maximum atomic E-state index is 12.1. The summed E-state index contributed by atoms with van der Waals surface area (Å²) >= 11 is 1.82. The Bertz CT molecular complexity index is 414. The molecule has 0 radical (unpaired) electrons. The minimum absolute atomic E-state index is 0.0779. The maximum absolute atomic E-state index is 12.1. The summed E-state index contributed by atoms with van der Waals surface area (Å²) in [6, 6.07) is 0. The summed E-state index contributed by atoms with van der Waals surface area (Å²) in [4.78, 5) is 12.1. The van der Waals surface area contributed by atoms with Crippen molar-refractivity contribution in [1.29, 1.82) is 0 Å². The van der Waals surface area contributed by atoms with Crippen LogP contribution >= 0.6 is 22.1 Å². The van der Waals surface area contributed by atoms with Gasteiger partial charge in [0.25, 0.3) is 10.1 Å². The predicted octanol–water partition coefficient (Wildman–Crippen LogP) is 3.36. The molecule has 1 aliphatic rings. The molecule has 0 unspecified atom stereocenters. The topological polar surface area (TPSA) is 60.4 Å². The molecule has 1 aliphatic heterocycles. The summed E-state index contributed by atoms with van der Waals surface area (Å²) < 4.78 is 29.9. The zero-order chi connectivity index (χ0) is 15.8. The largest absolute Gasteiger partial charge is 0.299 e. The highest BCUT2D eigenvalue weighted by molar-refractivity contribution is 8.34. The number of carbonyl (C=O) groups excluding carboxylic acids is 1. The predicted molar refractivity (Wildman–Crippen MR) is 93.8 cm³/mol. The van der Waals surface area contributed by atoms with Crippen molar-refractivity contribution in [3.63, 3.8) is 0 Å². The van der Waals surface area contributed by atoms with Crippen LogP contribution < -0.4 is 0 Å². The van der Waals surface area contributed by atoms with E-state index in [0.717, 1.165) is 42.3 Å². The first-order valence-corrected chi connectivity index (χ1v) is 12.5. The molecule has 1 saturated heterocycles. The Hall–Kier alpha value is 0.280. The summed E-state index contributed by atoms with van der Waals surface area (Å²) in [7, 11) is -5.27. The van der Waals surface area contributed by atoms with Gasteiger partial charge in [0.1, 0.15) is 5.78 Å². The van der Waals surface area contributed by atoms with Crippen molar-refractivity contribution >= 4 is 38.0 Å². The van der Waals surface area contributed by atoms with Crippen LogP contribution in [0, 0.1) is 0 Å². The molecule has 0 saturated carbocycles. The van der Waals surface area contributed by atoms with E-state index in [-0.39, 0.29) is 11.5 Å². The van der Waals surface area contributed by atoms with E-state index < -0.39 is 20.4 Å². The maximum Gasteiger partial charge on any atom is 0.276 e. The van der Waals surface area contributed by atoms with Gasteiger partial charge in [-0.05, 0) is 12.8 Å². The Labute approximate surface area is 135 Å². The summed E-state index contributed by atoms with van der Waals surface area (Å²) in [6.07, 6.45) is 3.87. The van der Waals surface area contributed by atoms with Gasteiger partial charge in [-0.3, -0.25) is 4.79 Å². The van der Waals surface area contributed by atoms with E-state index in [2.05, 4.69) is 6.92 Å². The summed E-state index contributed by atoms with van der Waals surface area (Å²) in [5.41, 5.74) is 0. The Morgan fingerprint density at radius 1 is 1.14 bits per heavy atom. The van der Waals surface area contributed by atoms with Gasteiger partial charge in [-0.25, -0.2) is 3.63 Å². The minimum atomic E-state index is -3.49. The van der Waals surface area contributed by atoms with Crippen LogP contribution in [-0.2, 0) is 18.5 Å². The molecule has 4 nitrogen and oxygen atoms in total. The van der Waals surface area contributed by atoms with Crippen molar-refractivity contribution in [3.8, 4) is 0 Å². The highest BCUT2D eigenvalue weighted by atomic mass is 32.3. The zero-order valence-corrected chi connectivity index (χ0v) is 15.6. The van der Waals surface area contributed by atoms with E-state index in [4.69, 9.17) is 3.63 Å². The van der Waals surface area contributed by atoms with Gasteiger partial charge in [0.05, 0.1) is 11.5 Å². The van der Waals surface area contributed by atoms with Crippen molar-refractivity contribution in [3.05, 3.63) is 0 Å². The van der Waals surface area contributed by atoms with E-state index in [9.17, 15) is 13.2 Å². The third kappa shape index (κ3) is 7.39. The smallest absolute Gasteiger partial charge is 0.276 e. The fourth-order valence-electron chi connectivity index (χ4n) is 2.18. The number of unbranched alkanes of at least 4 members (excludes halogenated alkanes) is 2. The number of carbonyl (C=O) groups is 1. The normalized spacial score (nSPS) is 20.1. The zero-order valence-electron chi connectivity index (χ0n) is 13.1. The summed E-state index contributed by atoms with van der Waals surface area (Å²) in [5, 5.41) is 0. The summed E-state index contributed by atoms with van der Waals surface area (Å²) in [6.45, 7) is 4.02. The van der Waals surface area contributed by atoms with E-state index in [0.29, 0.717) is 18.6 Å². The number of thioether (sulfide) groups is 1. The Balaban J connectivity index is 2.71. The second kappa shape index (κ2) is 9.43. The molecular weight excluding hydrogens is 328 g/mol. The van der Waals surface area contributed by atoms with Crippen LogP contribution in [0.4, 0.5) is 0 Å². The Kier molecular flexibility index (Phi) is 8.67. The van der Waals surface area contributed by atoms with Crippen LogP contribution in [0.5, 0.6) is 0 Å². The fourth-order valence-corrected chi connectivity index (χ4v) is 10.4. The van der Waals surface area contributed by atoms with Crippen LogP contribution in [0.15, 0.2) is 0 Å². The number of ketones is 1. The van der Waals surface area contributed by atoms with Gasteiger partial charge in [-0.1, -0.05) is 26.7 Å². The van der Waals surface area contributed by atoms with Gasteiger partial charge in [0, 0.05) is 29.4 Å². The first-order chi connectivity index (χ1) is 9.93. The lowest BCUT2D eigenvalue weighted by Crippen LogP contribution is -2.30. The lowest BCUT2D eigenvalue weighted by molar-refractivity contribution is -0.116. The molecule has 0 aliphatic carbocycles. The van der Waals surface area contributed by atoms with Gasteiger partial charge in [-0.15, -0.1) is 10.3 Å². The highest BCUT2D eigenvalue weighted by Gasteiger charge is 2.34. The molecule has 0 bridgehead atoms. The van der Waals surface area contributed by atoms with E-state index in [1.165, 1.54) is 0 Å². The average molecular weight is 357 g/mol. The quantitative estimate of drug-likeness (QED) is 0.601. The van der Waals surface area contributed by atoms with Crippen LogP contribution in [0.25, 0.3) is 0 Å². The van der Waals surface area contributed by atoms with Crippen molar-refractivity contribution < 1.29 is 16.8 Å². The third-order valence-corrected chi connectivity index (χ3v) is 10.4. The fraction of sp³-hybridized carbons (Fsp3) is 0.929. The van der Waals surface area contributed by atoms with Gasteiger partial charge < -0.3 is 0 Å². The van der Waals surface area contributed by atoms with Gasteiger partial charge in [0.2, 0.25) is 0 Å².